The number of hydrogen-bond acceptors (Lipinski definition) is 2. The maximum atomic E-state index is 4.57. The number of hydrogen-bond donors (Lipinski definition) is 1. The maximum absolute atomic E-state index is 4.57. The van der Waals surface area contributed by atoms with Crippen LogP contribution in [0.4, 0.5) is 5.82 Å². The van der Waals surface area contributed by atoms with Crippen molar-refractivity contribution >= 4 is 22.7 Å². The first-order valence-electron chi connectivity index (χ1n) is 8.60. The van der Waals surface area contributed by atoms with Crippen molar-refractivity contribution in [3.63, 3.8) is 0 Å². The molecule has 2 aromatic carbocycles. The van der Waals surface area contributed by atoms with E-state index in [4.69, 9.17) is 0 Å². The summed E-state index contributed by atoms with van der Waals surface area (Å²) in [6, 6.07) is 15.2. The molecule has 1 aliphatic rings. The third-order valence-corrected chi connectivity index (χ3v) is 4.80. The molecule has 0 amide bonds. The van der Waals surface area contributed by atoms with E-state index < -0.39 is 0 Å². The Balaban J connectivity index is 1.67. The Morgan fingerprint density at radius 1 is 1.12 bits per heavy atom. The van der Waals surface area contributed by atoms with Gasteiger partial charge in [0.15, 0.2) is 0 Å². The number of benzene rings is 2. The molecule has 0 bridgehead atoms. The van der Waals surface area contributed by atoms with E-state index in [9.17, 15) is 0 Å². The lowest BCUT2D eigenvalue weighted by Crippen LogP contribution is -2.04. The van der Waals surface area contributed by atoms with Crippen LogP contribution in [0.15, 0.2) is 55.2 Å². The normalized spacial score (nSPS) is 13.9. The van der Waals surface area contributed by atoms with Crippen LogP contribution in [0, 0.1) is 12.8 Å². The predicted octanol–water partition coefficient (Wildman–Crippen LogP) is 5.68. The van der Waals surface area contributed by atoms with Gasteiger partial charge in [-0.3, -0.25) is 0 Å². The van der Waals surface area contributed by atoms with Gasteiger partial charge in [-0.1, -0.05) is 36.9 Å². The van der Waals surface area contributed by atoms with Crippen molar-refractivity contribution < 1.29 is 0 Å². The largest absolute Gasteiger partial charge is 0.370 e. The van der Waals surface area contributed by atoms with Gasteiger partial charge in [0.2, 0.25) is 0 Å². The second kappa shape index (κ2) is 6.12. The van der Waals surface area contributed by atoms with Gasteiger partial charge in [0.1, 0.15) is 5.82 Å². The molecule has 0 unspecified atom stereocenters. The minimum atomic E-state index is 0.852. The molecule has 2 heteroatoms. The maximum Gasteiger partial charge on any atom is 0.126 e. The molecule has 1 heterocycles. The predicted molar refractivity (Wildman–Crippen MR) is 103 cm³/mol. The van der Waals surface area contributed by atoms with E-state index in [1.807, 2.05) is 12.3 Å². The second-order valence-corrected chi connectivity index (χ2v) is 6.73. The molecule has 0 atom stereocenters. The highest BCUT2D eigenvalue weighted by Gasteiger charge is 2.20. The second-order valence-electron chi connectivity index (χ2n) is 6.73. The van der Waals surface area contributed by atoms with Gasteiger partial charge in [0.05, 0.1) is 0 Å². The van der Waals surface area contributed by atoms with Crippen LogP contribution in [0.1, 0.15) is 24.0 Å². The molecule has 24 heavy (non-hydrogen) atoms. The third kappa shape index (κ3) is 3.05. The zero-order valence-corrected chi connectivity index (χ0v) is 14.0. The summed E-state index contributed by atoms with van der Waals surface area (Å²) in [5, 5.41) is 5.85. The van der Waals surface area contributed by atoms with Crippen molar-refractivity contribution in [2.24, 2.45) is 5.92 Å². The molecule has 1 N–H and O–H groups in total. The van der Waals surface area contributed by atoms with E-state index >= 15 is 0 Å². The topological polar surface area (TPSA) is 24.9 Å². The van der Waals surface area contributed by atoms with Crippen LogP contribution in [0.3, 0.4) is 0 Å². The Bertz CT molecular complexity index is 907. The number of rotatable bonds is 5. The van der Waals surface area contributed by atoms with Crippen molar-refractivity contribution in [1.29, 1.82) is 0 Å². The summed E-state index contributed by atoms with van der Waals surface area (Å²) in [5.41, 5.74) is 4.90. The highest BCUT2D eigenvalue weighted by molar-refractivity contribution is 5.89. The summed E-state index contributed by atoms with van der Waals surface area (Å²) >= 11 is 0. The van der Waals surface area contributed by atoms with Crippen molar-refractivity contribution in [2.75, 3.05) is 11.9 Å². The summed E-state index contributed by atoms with van der Waals surface area (Å²) in [6.45, 7) is 7.07. The molecule has 0 spiro atoms. The Morgan fingerprint density at radius 3 is 2.79 bits per heavy atom. The Morgan fingerprint density at radius 2 is 2.00 bits per heavy atom. The Hall–Kier alpha value is -2.61. The van der Waals surface area contributed by atoms with Crippen molar-refractivity contribution in [2.45, 2.75) is 19.8 Å². The van der Waals surface area contributed by atoms with Gasteiger partial charge in [-0.25, -0.2) is 4.98 Å². The van der Waals surface area contributed by atoms with Crippen LogP contribution in [0.25, 0.3) is 28.0 Å². The summed E-state index contributed by atoms with van der Waals surface area (Å²) < 4.78 is 0. The zero-order valence-electron chi connectivity index (χ0n) is 14.0. The van der Waals surface area contributed by atoms with Gasteiger partial charge in [-0.2, -0.15) is 0 Å². The fourth-order valence-corrected chi connectivity index (χ4v) is 3.05. The van der Waals surface area contributed by atoms with Gasteiger partial charge in [-0.15, -0.1) is 0 Å². The molecular weight excluding hydrogens is 292 g/mol. The van der Waals surface area contributed by atoms with Crippen LogP contribution in [0.5, 0.6) is 0 Å². The molecule has 1 aliphatic carbocycles. The molecule has 0 saturated heterocycles. The molecule has 4 rings (SSSR count). The lowest BCUT2D eigenvalue weighted by Gasteiger charge is -2.10. The first-order chi connectivity index (χ1) is 11.7. The van der Waals surface area contributed by atoms with Gasteiger partial charge in [0, 0.05) is 18.1 Å². The Kier molecular flexibility index (Phi) is 3.81. The van der Waals surface area contributed by atoms with Gasteiger partial charge in [0.25, 0.3) is 0 Å². The number of aryl methyl sites for hydroxylation is 1. The summed E-state index contributed by atoms with van der Waals surface area (Å²) in [6.07, 6.45) is 6.57. The van der Waals surface area contributed by atoms with Gasteiger partial charge in [-0.05, 0) is 71.5 Å². The monoisotopic (exact) mass is 314 g/mol. The smallest absolute Gasteiger partial charge is 0.126 e. The molecule has 120 valence electrons. The lowest BCUT2D eigenvalue weighted by molar-refractivity contribution is 0.883. The number of anilines is 1. The van der Waals surface area contributed by atoms with E-state index in [1.54, 1.807) is 0 Å². The van der Waals surface area contributed by atoms with Crippen LogP contribution < -0.4 is 5.32 Å². The van der Waals surface area contributed by atoms with Crippen LogP contribution in [-0.2, 0) is 0 Å². The van der Waals surface area contributed by atoms with Crippen LogP contribution in [-0.4, -0.2) is 11.5 Å². The molecule has 3 aromatic rings. The molecular formula is C22H22N2. The SMILES string of the molecule is C=Cc1ccc(C)c(-c2ccc3cc(NCC4CC4)ncc3c2)c1. The van der Waals surface area contributed by atoms with Crippen LogP contribution in [0.2, 0.25) is 0 Å². The highest BCUT2D eigenvalue weighted by Crippen LogP contribution is 2.30. The highest BCUT2D eigenvalue weighted by atomic mass is 15.0. The summed E-state index contributed by atoms with van der Waals surface area (Å²) in [7, 11) is 0. The summed E-state index contributed by atoms with van der Waals surface area (Å²) in [5.74, 6) is 1.83. The molecule has 2 nitrogen and oxygen atoms in total. The lowest BCUT2D eigenvalue weighted by atomic mass is 9.96. The quantitative estimate of drug-likeness (QED) is 0.656. The fraction of sp³-hybridized carbons (Fsp3) is 0.227. The number of pyridine rings is 1. The van der Waals surface area contributed by atoms with Gasteiger partial charge >= 0.3 is 0 Å². The third-order valence-electron chi connectivity index (χ3n) is 4.80. The summed E-state index contributed by atoms with van der Waals surface area (Å²) in [4.78, 5) is 4.57. The van der Waals surface area contributed by atoms with Crippen molar-refractivity contribution in [1.82, 2.24) is 4.98 Å². The molecule has 0 aliphatic heterocycles. The van der Waals surface area contributed by atoms with E-state index in [1.165, 1.54) is 40.3 Å². The van der Waals surface area contributed by atoms with Crippen molar-refractivity contribution in [3.8, 4) is 11.1 Å². The van der Waals surface area contributed by atoms with E-state index in [-0.39, 0.29) is 0 Å². The number of aromatic nitrogens is 1. The van der Waals surface area contributed by atoms with Gasteiger partial charge < -0.3 is 5.32 Å². The first kappa shape index (κ1) is 14.9. The van der Waals surface area contributed by atoms with E-state index in [0.717, 1.165) is 23.8 Å². The molecule has 0 radical (unpaired) electrons. The fourth-order valence-electron chi connectivity index (χ4n) is 3.05. The Labute approximate surface area is 143 Å². The zero-order chi connectivity index (χ0) is 16.5. The van der Waals surface area contributed by atoms with E-state index in [0.29, 0.717) is 0 Å². The molecule has 1 aromatic heterocycles. The standard InChI is InChI=1S/C22H22N2/c1-3-16-5-4-15(2)21(10-16)19-9-8-18-12-22(23-13-17-6-7-17)24-14-20(18)11-19/h3-5,8-12,14,17H,1,6-7,13H2,2H3,(H,23,24). The minimum Gasteiger partial charge on any atom is -0.370 e. The average molecular weight is 314 g/mol. The number of nitrogens with zero attached hydrogens (tertiary/aromatic N) is 1. The van der Waals surface area contributed by atoms with E-state index in [2.05, 4.69) is 66.3 Å². The first-order valence-corrected chi connectivity index (χ1v) is 8.60. The molecule has 1 fully saturated rings. The van der Waals surface area contributed by atoms with Crippen LogP contribution >= 0.6 is 0 Å². The number of fused-ring (bicyclic) bond motifs is 1. The van der Waals surface area contributed by atoms with Crippen molar-refractivity contribution in [3.05, 3.63) is 66.4 Å². The molecule has 1 saturated carbocycles. The number of nitrogens with one attached hydrogen (secondary N) is 1. The average Bonchev–Trinajstić information content (AvgIpc) is 3.44. The minimum absolute atomic E-state index is 0.852.